The Morgan fingerprint density at radius 3 is 2.57 bits per heavy atom. The fourth-order valence-corrected chi connectivity index (χ4v) is 4.73. The minimum absolute atomic E-state index is 0.0156. The van der Waals surface area contributed by atoms with E-state index in [9.17, 15) is 13.2 Å². The van der Waals surface area contributed by atoms with Gasteiger partial charge in [0.05, 0.1) is 23.7 Å². The zero-order valence-corrected chi connectivity index (χ0v) is 16.1. The van der Waals surface area contributed by atoms with Gasteiger partial charge in [0.15, 0.2) is 5.78 Å². The third-order valence-corrected chi connectivity index (χ3v) is 6.80. The molecule has 0 aliphatic carbocycles. The van der Waals surface area contributed by atoms with Crippen LogP contribution >= 0.6 is 0 Å². The van der Waals surface area contributed by atoms with Gasteiger partial charge in [-0.05, 0) is 36.2 Å². The van der Waals surface area contributed by atoms with Crippen LogP contribution in [-0.2, 0) is 21.2 Å². The number of ketones is 1. The first-order chi connectivity index (χ1) is 13.6. The van der Waals surface area contributed by atoms with Crippen molar-refractivity contribution in [1.82, 2.24) is 13.7 Å². The Kier molecular flexibility index (Phi) is 5.25. The number of aromatic nitrogens is 2. The number of fused-ring (bicyclic) bond motifs is 1. The first kappa shape index (κ1) is 18.8. The number of Topliss-reactive ketones (excluding diaryl/α,β-unsaturated/α-hetero) is 1. The number of hydrogen-bond donors (Lipinski definition) is 0. The van der Waals surface area contributed by atoms with Crippen molar-refractivity contribution in [2.75, 3.05) is 26.3 Å². The highest BCUT2D eigenvalue weighted by Gasteiger charge is 2.26. The lowest BCUT2D eigenvalue weighted by molar-refractivity contribution is 0.0730. The normalized spacial score (nSPS) is 15.7. The minimum Gasteiger partial charge on any atom is -0.379 e. The first-order valence-corrected chi connectivity index (χ1v) is 10.6. The molecule has 3 aromatic rings. The van der Waals surface area contributed by atoms with Gasteiger partial charge in [0.1, 0.15) is 5.65 Å². The number of nitrogens with zero attached hydrogens (tertiary/aromatic N) is 3. The van der Waals surface area contributed by atoms with E-state index in [1.54, 1.807) is 42.7 Å². The molecule has 1 aliphatic rings. The maximum absolute atomic E-state index is 12.7. The van der Waals surface area contributed by atoms with Crippen molar-refractivity contribution in [1.29, 1.82) is 0 Å². The monoisotopic (exact) mass is 399 g/mol. The Hall–Kier alpha value is -2.55. The number of sulfonamides is 1. The van der Waals surface area contributed by atoms with Crippen molar-refractivity contribution in [3.8, 4) is 0 Å². The molecule has 1 aliphatic heterocycles. The number of benzene rings is 1. The van der Waals surface area contributed by atoms with Crippen LogP contribution in [0.5, 0.6) is 0 Å². The van der Waals surface area contributed by atoms with Crippen LogP contribution in [0.2, 0.25) is 0 Å². The van der Waals surface area contributed by atoms with Crippen molar-refractivity contribution in [2.45, 2.75) is 17.7 Å². The third-order valence-electron chi connectivity index (χ3n) is 4.89. The molecule has 1 aromatic carbocycles. The van der Waals surface area contributed by atoms with Gasteiger partial charge >= 0.3 is 0 Å². The topological polar surface area (TPSA) is 81.0 Å². The van der Waals surface area contributed by atoms with Gasteiger partial charge in [-0.1, -0.05) is 12.1 Å². The van der Waals surface area contributed by atoms with E-state index >= 15 is 0 Å². The highest BCUT2D eigenvalue weighted by atomic mass is 32.2. The minimum atomic E-state index is -3.50. The summed E-state index contributed by atoms with van der Waals surface area (Å²) in [5.41, 5.74) is 2.17. The summed E-state index contributed by atoms with van der Waals surface area (Å²) in [5, 5.41) is 0. The Balaban J connectivity index is 1.43. The molecule has 1 saturated heterocycles. The summed E-state index contributed by atoms with van der Waals surface area (Å²) in [6.45, 7) is 1.58. The van der Waals surface area contributed by atoms with Crippen LogP contribution in [-0.4, -0.2) is 54.2 Å². The van der Waals surface area contributed by atoms with E-state index in [2.05, 4.69) is 4.98 Å². The second-order valence-electron chi connectivity index (χ2n) is 6.66. The van der Waals surface area contributed by atoms with Gasteiger partial charge in [-0.15, -0.1) is 0 Å². The average molecular weight is 399 g/mol. The van der Waals surface area contributed by atoms with Crippen LogP contribution in [0, 0.1) is 0 Å². The summed E-state index contributed by atoms with van der Waals surface area (Å²) in [6.07, 6.45) is 6.20. The lowest BCUT2D eigenvalue weighted by Crippen LogP contribution is -2.40. The molecule has 0 spiro atoms. The largest absolute Gasteiger partial charge is 0.379 e. The van der Waals surface area contributed by atoms with Crippen molar-refractivity contribution in [3.63, 3.8) is 0 Å². The molecule has 0 unspecified atom stereocenters. The fourth-order valence-electron chi connectivity index (χ4n) is 3.32. The van der Waals surface area contributed by atoms with Crippen LogP contribution in [0.3, 0.4) is 0 Å². The second-order valence-corrected chi connectivity index (χ2v) is 8.60. The highest BCUT2D eigenvalue weighted by Crippen LogP contribution is 2.19. The van der Waals surface area contributed by atoms with E-state index in [1.165, 1.54) is 4.31 Å². The lowest BCUT2D eigenvalue weighted by atomic mass is 10.0. The predicted octanol–water partition coefficient (Wildman–Crippen LogP) is 2.17. The lowest BCUT2D eigenvalue weighted by Gasteiger charge is -2.26. The van der Waals surface area contributed by atoms with Crippen molar-refractivity contribution < 1.29 is 17.9 Å². The van der Waals surface area contributed by atoms with Crippen molar-refractivity contribution in [3.05, 3.63) is 66.1 Å². The molecule has 2 aromatic heterocycles. The molecule has 0 radical (unpaired) electrons. The molecule has 28 heavy (non-hydrogen) atoms. The van der Waals surface area contributed by atoms with Crippen LogP contribution < -0.4 is 0 Å². The molecule has 0 saturated carbocycles. The smallest absolute Gasteiger partial charge is 0.243 e. The maximum atomic E-state index is 12.7. The molecule has 146 valence electrons. The molecule has 7 nitrogen and oxygen atoms in total. The zero-order chi connectivity index (χ0) is 19.6. The number of imidazole rings is 1. The Bertz CT molecular complexity index is 1080. The van der Waals surface area contributed by atoms with Gasteiger partial charge in [-0.3, -0.25) is 4.79 Å². The van der Waals surface area contributed by atoms with Crippen LogP contribution in [0.1, 0.15) is 22.3 Å². The van der Waals surface area contributed by atoms with Gasteiger partial charge in [-0.25, -0.2) is 13.4 Å². The summed E-state index contributed by atoms with van der Waals surface area (Å²) in [5.74, 6) is 0.0156. The molecular formula is C20H21N3O4S. The van der Waals surface area contributed by atoms with Gasteiger partial charge < -0.3 is 9.14 Å². The average Bonchev–Trinajstić information content (AvgIpc) is 3.22. The molecule has 8 heteroatoms. The van der Waals surface area contributed by atoms with E-state index in [4.69, 9.17) is 4.74 Å². The van der Waals surface area contributed by atoms with E-state index in [0.717, 1.165) is 5.56 Å². The van der Waals surface area contributed by atoms with Gasteiger partial charge in [0, 0.05) is 38.1 Å². The Labute approximate surface area is 163 Å². The number of ether oxygens (including phenoxy) is 1. The molecule has 0 bridgehead atoms. The number of aryl methyl sites for hydroxylation is 1. The fraction of sp³-hybridized carbons (Fsp3) is 0.300. The predicted molar refractivity (Wildman–Crippen MR) is 104 cm³/mol. The summed E-state index contributed by atoms with van der Waals surface area (Å²) >= 11 is 0. The van der Waals surface area contributed by atoms with E-state index in [0.29, 0.717) is 50.4 Å². The van der Waals surface area contributed by atoms with Gasteiger partial charge in [0.25, 0.3) is 0 Å². The summed E-state index contributed by atoms with van der Waals surface area (Å²) in [7, 11) is -3.50. The quantitative estimate of drug-likeness (QED) is 0.594. The van der Waals surface area contributed by atoms with Gasteiger partial charge in [0.2, 0.25) is 10.0 Å². The summed E-state index contributed by atoms with van der Waals surface area (Å²) in [4.78, 5) is 17.1. The SMILES string of the molecule is O=C(CCc1ccc(S(=O)(=O)N2CCOCC2)cc1)c1cccn2ccnc12. The van der Waals surface area contributed by atoms with Gasteiger partial charge in [-0.2, -0.15) is 4.31 Å². The van der Waals surface area contributed by atoms with Crippen molar-refractivity contribution >= 4 is 21.5 Å². The number of carbonyl (C=O) groups is 1. The third kappa shape index (κ3) is 3.71. The first-order valence-electron chi connectivity index (χ1n) is 9.17. The van der Waals surface area contributed by atoms with Crippen molar-refractivity contribution in [2.24, 2.45) is 0 Å². The maximum Gasteiger partial charge on any atom is 0.243 e. The Morgan fingerprint density at radius 1 is 1.07 bits per heavy atom. The molecular weight excluding hydrogens is 378 g/mol. The number of pyridine rings is 1. The molecule has 3 heterocycles. The zero-order valence-electron chi connectivity index (χ0n) is 15.3. The Morgan fingerprint density at radius 2 is 1.82 bits per heavy atom. The van der Waals surface area contributed by atoms with E-state index in [-0.39, 0.29) is 10.7 Å². The molecule has 1 fully saturated rings. The summed E-state index contributed by atoms with van der Waals surface area (Å²) in [6, 6.07) is 10.4. The number of rotatable bonds is 6. The molecule has 0 atom stereocenters. The van der Waals surface area contributed by atoms with Crippen LogP contribution in [0.15, 0.2) is 59.9 Å². The standard InChI is InChI=1S/C20H21N3O4S/c24-19(18-2-1-10-22-11-9-21-20(18)22)8-5-16-3-6-17(7-4-16)28(25,26)23-12-14-27-15-13-23/h1-4,6-7,9-11H,5,8,12-15H2. The second kappa shape index (κ2) is 7.83. The number of morpholine rings is 1. The molecule has 0 amide bonds. The van der Waals surface area contributed by atoms with Crippen LogP contribution in [0.4, 0.5) is 0 Å². The molecule has 0 N–H and O–H groups in total. The number of carbonyl (C=O) groups excluding carboxylic acids is 1. The van der Waals surface area contributed by atoms with E-state index < -0.39 is 10.0 Å². The molecule has 4 rings (SSSR count). The number of hydrogen-bond acceptors (Lipinski definition) is 5. The van der Waals surface area contributed by atoms with E-state index in [1.807, 2.05) is 16.7 Å². The highest BCUT2D eigenvalue weighted by molar-refractivity contribution is 7.89. The summed E-state index contributed by atoms with van der Waals surface area (Å²) < 4.78 is 33.8. The van der Waals surface area contributed by atoms with Crippen LogP contribution in [0.25, 0.3) is 5.65 Å².